The summed E-state index contributed by atoms with van der Waals surface area (Å²) in [5, 5.41) is 11.6. The zero-order chi connectivity index (χ0) is 23.9. The van der Waals surface area contributed by atoms with E-state index < -0.39 is 0 Å². The van der Waals surface area contributed by atoms with E-state index in [0.29, 0.717) is 18.9 Å². The Morgan fingerprint density at radius 2 is 1.84 bits per heavy atom. The maximum Gasteiger partial charge on any atom is 0.136 e. The average molecular weight is 444 g/mol. The van der Waals surface area contributed by atoms with Crippen LogP contribution in [0.2, 0.25) is 0 Å². The summed E-state index contributed by atoms with van der Waals surface area (Å²) >= 11 is 0. The molecule has 0 aliphatic heterocycles. The van der Waals surface area contributed by atoms with Crippen molar-refractivity contribution in [2.75, 3.05) is 18.9 Å². The molecule has 0 radical (unpaired) electrons. The van der Waals surface area contributed by atoms with Crippen molar-refractivity contribution in [3.8, 4) is 0 Å². The standard InChI is InChI=1S/C14H26N4O.C9H13N.C3H6/c1-11(2)5-4-6-13-16-17-14(18(13)3)12(7-9-15)8-10-19;1-7-4-5-9(10-3)8(2)6-7;1-2-3-1/h10-12H,4-9,15H2,1-3H3;4-6,10H,1-3H3;1-3H2. The molecule has 1 atom stereocenters. The Hall–Kier alpha value is -2.21. The van der Waals surface area contributed by atoms with E-state index in [-0.39, 0.29) is 5.92 Å². The molecule has 1 aliphatic carbocycles. The molecule has 0 amide bonds. The van der Waals surface area contributed by atoms with Crippen LogP contribution in [0, 0.1) is 19.8 Å². The number of hydrogen-bond acceptors (Lipinski definition) is 5. The van der Waals surface area contributed by atoms with Gasteiger partial charge in [0.05, 0.1) is 0 Å². The second-order valence-electron chi connectivity index (χ2n) is 9.13. The number of nitrogens with two attached hydrogens (primary N) is 1. The summed E-state index contributed by atoms with van der Waals surface area (Å²) in [5.41, 5.74) is 9.43. The minimum atomic E-state index is 0.0962. The van der Waals surface area contributed by atoms with Gasteiger partial charge in [0.2, 0.25) is 0 Å². The fourth-order valence-corrected chi connectivity index (χ4v) is 3.38. The molecule has 32 heavy (non-hydrogen) atoms. The fourth-order valence-electron chi connectivity index (χ4n) is 3.38. The van der Waals surface area contributed by atoms with Gasteiger partial charge in [0.15, 0.2) is 0 Å². The molecule has 0 bridgehead atoms. The Morgan fingerprint density at radius 1 is 1.16 bits per heavy atom. The molecule has 0 spiro atoms. The number of aryl methyl sites for hydroxylation is 3. The van der Waals surface area contributed by atoms with Gasteiger partial charge in [0.1, 0.15) is 17.9 Å². The third kappa shape index (κ3) is 10.9. The molecule has 1 heterocycles. The van der Waals surface area contributed by atoms with E-state index in [2.05, 4.69) is 61.4 Å². The van der Waals surface area contributed by atoms with Gasteiger partial charge < -0.3 is 20.4 Å². The normalized spacial score (nSPS) is 12.9. The lowest BCUT2D eigenvalue weighted by atomic mass is 10.0. The molecule has 1 aromatic carbocycles. The van der Waals surface area contributed by atoms with E-state index >= 15 is 0 Å². The van der Waals surface area contributed by atoms with E-state index in [9.17, 15) is 4.79 Å². The van der Waals surface area contributed by atoms with Gasteiger partial charge in [-0.1, -0.05) is 57.2 Å². The van der Waals surface area contributed by atoms with Crippen molar-refractivity contribution in [3.63, 3.8) is 0 Å². The number of benzene rings is 1. The van der Waals surface area contributed by atoms with E-state index in [1.807, 2.05) is 18.7 Å². The number of carbonyl (C=O) groups excluding carboxylic acids is 1. The summed E-state index contributed by atoms with van der Waals surface area (Å²) in [6.07, 6.45) is 9.94. The monoisotopic (exact) mass is 443 g/mol. The van der Waals surface area contributed by atoms with Crippen LogP contribution in [-0.4, -0.2) is 34.6 Å². The van der Waals surface area contributed by atoms with Crippen LogP contribution in [0.4, 0.5) is 5.69 Å². The second-order valence-corrected chi connectivity index (χ2v) is 9.13. The third-order valence-electron chi connectivity index (χ3n) is 5.45. The molecule has 1 aromatic heterocycles. The van der Waals surface area contributed by atoms with Crippen LogP contribution in [0.15, 0.2) is 18.2 Å². The predicted molar refractivity (Wildman–Crippen MR) is 135 cm³/mol. The molecule has 1 unspecified atom stereocenters. The lowest BCUT2D eigenvalue weighted by molar-refractivity contribution is -0.108. The molecule has 6 nitrogen and oxygen atoms in total. The minimum Gasteiger partial charge on any atom is -0.388 e. The molecule has 1 saturated carbocycles. The SMILES string of the molecule is C1CC1.CC(C)CCCc1nnc(C(CC=O)CCN)n1C.CNc1ccc(C)cc1C. The number of rotatable bonds is 10. The summed E-state index contributed by atoms with van der Waals surface area (Å²) in [6.45, 7) is 9.23. The molecule has 2 aromatic rings. The molecule has 1 fully saturated rings. The first-order valence-corrected chi connectivity index (χ1v) is 12.1. The highest BCUT2D eigenvalue weighted by atomic mass is 16.1. The van der Waals surface area contributed by atoms with Crippen LogP contribution in [0.5, 0.6) is 0 Å². The summed E-state index contributed by atoms with van der Waals surface area (Å²) < 4.78 is 2.03. The van der Waals surface area contributed by atoms with Crippen LogP contribution in [0.1, 0.15) is 87.5 Å². The van der Waals surface area contributed by atoms with Gasteiger partial charge in [0, 0.05) is 38.5 Å². The summed E-state index contributed by atoms with van der Waals surface area (Å²) in [7, 11) is 3.92. The highest BCUT2D eigenvalue weighted by molar-refractivity contribution is 5.51. The van der Waals surface area contributed by atoms with Crippen molar-refractivity contribution < 1.29 is 4.79 Å². The first-order valence-electron chi connectivity index (χ1n) is 12.1. The Bertz CT molecular complexity index is 780. The zero-order valence-corrected chi connectivity index (χ0v) is 21.2. The van der Waals surface area contributed by atoms with E-state index in [1.54, 1.807) is 0 Å². The van der Waals surface area contributed by atoms with Crippen LogP contribution in [0.25, 0.3) is 0 Å². The third-order valence-corrected chi connectivity index (χ3v) is 5.45. The first-order chi connectivity index (χ1) is 15.3. The van der Waals surface area contributed by atoms with Gasteiger partial charge in [-0.25, -0.2) is 0 Å². The molecule has 3 N–H and O–H groups in total. The van der Waals surface area contributed by atoms with Crippen molar-refractivity contribution in [2.24, 2.45) is 18.7 Å². The lowest BCUT2D eigenvalue weighted by Crippen LogP contribution is -2.13. The van der Waals surface area contributed by atoms with Crippen LogP contribution >= 0.6 is 0 Å². The number of carbonyl (C=O) groups is 1. The van der Waals surface area contributed by atoms with Crippen LogP contribution < -0.4 is 11.1 Å². The Morgan fingerprint density at radius 3 is 2.34 bits per heavy atom. The summed E-state index contributed by atoms with van der Waals surface area (Å²) in [6, 6.07) is 6.38. The van der Waals surface area contributed by atoms with Crippen molar-refractivity contribution >= 4 is 12.0 Å². The molecule has 1 aliphatic rings. The number of hydrogen-bond donors (Lipinski definition) is 2. The Balaban J connectivity index is 0.000000323. The van der Waals surface area contributed by atoms with Gasteiger partial charge in [-0.05, 0) is 50.8 Å². The average Bonchev–Trinajstić information content (AvgIpc) is 3.58. The predicted octanol–water partition coefficient (Wildman–Crippen LogP) is 5.33. The van der Waals surface area contributed by atoms with Gasteiger partial charge in [-0.2, -0.15) is 0 Å². The van der Waals surface area contributed by atoms with Crippen molar-refractivity contribution in [2.45, 2.75) is 85.0 Å². The summed E-state index contributed by atoms with van der Waals surface area (Å²) in [4.78, 5) is 10.7. The topological polar surface area (TPSA) is 85.8 Å². The van der Waals surface area contributed by atoms with Crippen molar-refractivity contribution in [3.05, 3.63) is 41.0 Å². The Labute approximate surface area is 195 Å². The van der Waals surface area contributed by atoms with Gasteiger partial charge >= 0.3 is 0 Å². The number of nitrogens with one attached hydrogen (secondary N) is 1. The molecule has 180 valence electrons. The maximum atomic E-state index is 10.7. The molecule has 6 heteroatoms. The highest BCUT2D eigenvalue weighted by Gasteiger charge is 2.18. The van der Waals surface area contributed by atoms with E-state index in [0.717, 1.165) is 37.2 Å². The molecule has 3 rings (SSSR count). The Kier molecular flexibility index (Phi) is 13.5. The molecular weight excluding hydrogens is 398 g/mol. The van der Waals surface area contributed by atoms with Crippen LogP contribution in [-0.2, 0) is 18.3 Å². The van der Waals surface area contributed by atoms with Gasteiger partial charge in [0.25, 0.3) is 0 Å². The maximum absolute atomic E-state index is 10.7. The summed E-state index contributed by atoms with van der Waals surface area (Å²) in [5.74, 6) is 2.70. The molecular formula is C26H45N5O. The second kappa shape index (κ2) is 15.6. The smallest absolute Gasteiger partial charge is 0.136 e. The van der Waals surface area contributed by atoms with Crippen molar-refractivity contribution in [1.29, 1.82) is 0 Å². The lowest BCUT2D eigenvalue weighted by Gasteiger charge is -2.12. The number of anilines is 1. The van der Waals surface area contributed by atoms with E-state index in [1.165, 1.54) is 42.5 Å². The number of aromatic nitrogens is 3. The minimum absolute atomic E-state index is 0.0962. The first kappa shape index (κ1) is 27.8. The fraction of sp³-hybridized carbons (Fsp3) is 0.654. The van der Waals surface area contributed by atoms with E-state index in [4.69, 9.17) is 5.73 Å². The van der Waals surface area contributed by atoms with Gasteiger partial charge in [-0.3, -0.25) is 0 Å². The van der Waals surface area contributed by atoms with Crippen LogP contribution in [0.3, 0.4) is 0 Å². The van der Waals surface area contributed by atoms with Gasteiger partial charge in [-0.15, -0.1) is 10.2 Å². The number of aldehydes is 1. The van der Waals surface area contributed by atoms with Crippen molar-refractivity contribution in [1.82, 2.24) is 14.8 Å². The molecule has 0 saturated heterocycles. The number of nitrogens with zero attached hydrogens (tertiary/aromatic N) is 3. The zero-order valence-electron chi connectivity index (χ0n) is 21.2. The quantitative estimate of drug-likeness (QED) is 0.485. The highest BCUT2D eigenvalue weighted by Crippen LogP contribution is 2.21. The largest absolute Gasteiger partial charge is 0.388 e.